The Morgan fingerprint density at radius 3 is 2.81 bits per heavy atom. The molecule has 3 N–H and O–H groups in total. The molecule has 2 atom stereocenters. The maximum atomic E-state index is 12.8. The summed E-state index contributed by atoms with van der Waals surface area (Å²) in [7, 11) is 1.22. The number of thioether (sulfide) groups is 1. The molecule has 0 aromatic carbocycles. The molecule has 3 heterocycles. The first-order valence-electron chi connectivity index (χ1n) is 8.11. The van der Waals surface area contributed by atoms with E-state index in [1.807, 2.05) is 0 Å². The zero-order chi connectivity index (χ0) is 22.0. The maximum Gasteiger partial charge on any atom is 1.00 e. The van der Waals surface area contributed by atoms with Crippen molar-refractivity contribution in [3.63, 3.8) is 0 Å². The number of aliphatic hydroxyl groups is 1. The van der Waals surface area contributed by atoms with Gasteiger partial charge in [0, 0.05) is 5.75 Å². The average molecular weight is 542 g/mol. The smallest absolute Gasteiger partial charge is 0.543 e. The number of fused-ring (bicyclic) bond motifs is 1. The first-order chi connectivity index (χ1) is 14.3. The van der Waals surface area contributed by atoms with Crippen LogP contribution in [0.5, 0.6) is 0 Å². The van der Waals surface area contributed by atoms with Gasteiger partial charge in [-0.05, 0) is 21.5 Å². The number of nitrogens with zero attached hydrogens (tertiary/aromatic N) is 3. The van der Waals surface area contributed by atoms with E-state index in [-0.39, 0.29) is 63.1 Å². The average Bonchev–Trinajstić information content (AvgIpc) is 3.08. The summed E-state index contributed by atoms with van der Waals surface area (Å²) in [5.41, 5.74) is -0.383. The topological polar surface area (TPSA) is 173 Å². The van der Waals surface area contributed by atoms with Gasteiger partial charge in [0.05, 0.1) is 18.3 Å². The number of nitrogens with one attached hydrogen (secondary N) is 2. The maximum absolute atomic E-state index is 12.8. The van der Waals surface area contributed by atoms with Crippen LogP contribution < -0.4 is 45.3 Å². The van der Waals surface area contributed by atoms with Gasteiger partial charge in [-0.3, -0.25) is 19.3 Å². The number of carboxylic acid groups (broad SMARTS) is 1. The van der Waals surface area contributed by atoms with Crippen molar-refractivity contribution in [2.24, 2.45) is 5.16 Å². The van der Waals surface area contributed by atoms with Gasteiger partial charge in [-0.2, -0.15) is 0 Å². The Hall–Kier alpha value is -1.49. The Bertz CT molecular complexity index is 985. The monoisotopic (exact) mass is 541 g/mol. The number of β-lactam (4-membered cyclic amide) rings is 1. The first kappa shape index (κ1) is 25.8. The van der Waals surface area contributed by atoms with Crippen molar-refractivity contribution in [2.75, 3.05) is 24.8 Å². The predicted octanol–water partition coefficient (Wildman–Crippen LogP) is -4.78. The zero-order valence-electron chi connectivity index (χ0n) is 16.1. The number of carbonyl (C=O) groups excluding carboxylic acids is 4. The van der Waals surface area contributed by atoms with Gasteiger partial charge < -0.3 is 30.5 Å². The number of thiazole rings is 1. The van der Waals surface area contributed by atoms with Gasteiger partial charge in [-0.15, -0.1) is 11.8 Å². The molecule has 0 saturated carbocycles. The van der Waals surface area contributed by atoms with Crippen LogP contribution in [0.25, 0.3) is 0 Å². The van der Waals surface area contributed by atoms with Crippen LogP contribution in [0.1, 0.15) is 5.69 Å². The third kappa shape index (κ3) is 4.97. The number of aromatic nitrogens is 1. The molecule has 16 heteroatoms. The molecule has 160 valence electrons. The number of hydrogen-bond acceptors (Lipinski definition) is 11. The molecule has 1 saturated heterocycles. The van der Waals surface area contributed by atoms with Gasteiger partial charge in [-0.25, -0.2) is 4.98 Å². The van der Waals surface area contributed by atoms with E-state index >= 15 is 0 Å². The molecule has 0 spiro atoms. The van der Waals surface area contributed by atoms with Crippen molar-refractivity contribution in [2.45, 2.75) is 11.4 Å². The number of carbonyl (C=O) groups is 4. The van der Waals surface area contributed by atoms with Crippen LogP contribution in [-0.2, 0) is 24.0 Å². The minimum atomic E-state index is -1.58. The second-order valence-electron chi connectivity index (χ2n) is 5.78. The van der Waals surface area contributed by atoms with Crippen molar-refractivity contribution in [1.82, 2.24) is 15.2 Å². The standard InChI is InChI=1S/C15H14BrN5O7S2.Na/c1-28-20-7(6-10(16)30-15(19-6)17-4-23)11(24)18-8-12(25)21-9(14(26)27)5(2-22)3-29-13(8)21;/h4,8,13,22H,2-3H2,1H3,(H,18,24)(H,26,27)(H,17,19,23);/q;+1/p-1/t8?,13-;/m1./s1. The summed E-state index contributed by atoms with van der Waals surface area (Å²) in [4.78, 5) is 57.1. The molecule has 1 aromatic heterocycles. The van der Waals surface area contributed by atoms with Crippen LogP contribution in [0.3, 0.4) is 0 Å². The van der Waals surface area contributed by atoms with E-state index in [1.165, 1.54) is 18.9 Å². The fourth-order valence-corrected chi connectivity index (χ4v) is 5.57. The fraction of sp³-hybridized carbons (Fsp3) is 0.333. The normalized spacial score (nSPS) is 20.3. The third-order valence-electron chi connectivity index (χ3n) is 4.11. The van der Waals surface area contributed by atoms with E-state index in [0.717, 1.165) is 16.2 Å². The SMILES string of the molecule is CON=C(C(=O)NC1C(=O)N2C(C(=O)[O-])=C(CO)CS[C@H]12)c1nc(NC=O)sc1Br.[Na+]. The van der Waals surface area contributed by atoms with Gasteiger partial charge in [0.2, 0.25) is 6.41 Å². The molecule has 0 aliphatic carbocycles. The quantitative estimate of drug-likeness (QED) is 0.0959. The number of hydrogen-bond donors (Lipinski definition) is 3. The summed E-state index contributed by atoms with van der Waals surface area (Å²) in [6.07, 6.45) is 0.424. The van der Waals surface area contributed by atoms with Crippen LogP contribution in [0, 0.1) is 0 Å². The van der Waals surface area contributed by atoms with Crippen LogP contribution in [0.4, 0.5) is 5.13 Å². The van der Waals surface area contributed by atoms with Crippen LogP contribution in [0.2, 0.25) is 0 Å². The predicted molar refractivity (Wildman–Crippen MR) is 107 cm³/mol. The molecule has 12 nitrogen and oxygen atoms in total. The number of halogens is 1. The molecule has 3 amide bonds. The summed E-state index contributed by atoms with van der Waals surface area (Å²) >= 11 is 5.47. The molecule has 3 rings (SSSR count). The number of oxime groups is 1. The van der Waals surface area contributed by atoms with Crippen molar-refractivity contribution in [3.05, 3.63) is 20.8 Å². The fourth-order valence-electron chi connectivity index (χ4n) is 2.85. The van der Waals surface area contributed by atoms with E-state index in [0.29, 0.717) is 10.2 Å². The number of aliphatic hydroxyl groups excluding tert-OH is 1. The Labute approximate surface area is 213 Å². The van der Waals surface area contributed by atoms with Crippen LogP contribution in [-0.4, -0.2) is 75.8 Å². The van der Waals surface area contributed by atoms with Gasteiger partial charge >= 0.3 is 29.6 Å². The van der Waals surface area contributed by atoms with Crippen molar-refractivity contribution >= 4 is 74.1 Å². The Balaban J connectivity index is 0.00000341. The Kier molecular flexibility index (Phi) is 9.05. The van der Waals surface area contributed by atoms with Crippen molar-refractivity contribution in [3.8, 4) is 0 Å². The Morgan fingerprint density at radius 2 is 2.23 bits per heavy atom. The summed E-state index contributed by atoms with van der Waals surface area (Å²) < 4.78 is 0.390. The molecule has 1 aromatic rings. The van der Waals surface area contributed by atoms with Crippen molar-refractivity contribution in [1.29, 1.82) is 0 Å². The van der Waals surface area contributed by atoms with Gasteiger partial charge in [0.25, 0.3) is 11.8 Å². The minimum absolute atomic E-state index is 0. The third-order valence-corrected chi connectivity index (χ3v) is 7.08. The molecular formula is C15H13BrN5NaO7S2. The number of aliphatic carboxylic acids is 1. The van der Waals surface area contributed by atoms with Crippen molar-refractivity contribution < 1.29 is 63.8 Å². The second-order valence-corrected chi connectivity index (χ2v) is 9.21. The minimum Gasteiger partial charge on any atom is -0.543 e. The molecule has 2 aliphatic rings. The molecule has 2 aliphatic heterocycles. The first-order valence-corrected chi connectivity index (χ1v) is 10.8. The van der Waals surface area contributed by atoms with E-state index in [1.54, 1.807) is 0 Å². The van der Waals surface area contributed by atoms with E-state index in [4.69, 9.17) is 4.84 Å². The van der Waals surface area contributed by atoms with E-state index in [9.17, 15) is 29.4 Å². The number of rotatable bonds is 8. The summed E-state index contributed by atoms with van der Waals surface area (Å²) in [5, 5.41) is 28.8. The van der Waals surface area contributed by atoms with Gasteiger partial charge in [0.1, 0.15) is 28.0 Å². The van der Waals surface area contributed by atoms with Crippen LogP contribution in [0.15, 0.2) is 20.2 Å². The molecule has 1 fully saturated rings. The summed E-state index contributed by atoms with van der Waals surface area (Å²) in [6, 6.07) is -1.02. The molecule has 1 unspecified atom stereocenters. The summed E-state index contributed by atoms with van der Waals surface area (Å²) in [5.74, 6) is -2.86. The molecule has 31 heavy (non-hydrogen) atoms. The largest absolute Gasteiger partial charge is 1.00 e. The van der Waals surface area contributed by atoms with E-state index in [2.05, 4.69) is 36.7 Å². The van der Waals surface area contributed by atoms with Gasteiger partial charge in [0.15, 0.2) is 10.8 Å². The molecular weight excluding hydrogens is 529 g/mol. The zero-order valence-corrected chi connectivity index (χ0v) is 21.3. The number of carboxylic acids is 1. The molecule has 0 radical (unpaired) electrons. The molecule has 0 bridgehead atoms. The second kappa shape index (κ2) is 10.9. The number of anilines is 1. The van der Waals surface area contributed by atoms with E-state index < -0.39 is 35.8 Å². The van der Waals surface area contributed by atoms with Crippen LogP contribution >= 0.6 is 39.0 Å². The summed E-state index contributed by atoms with van der Waals surface area (Å²) in [6.45, 7) is -0.524. The van der Waals surface area contributed by atoms with Gasteiger partial charge in [-0.1, -0.05) is 16.5 Å². The number of amides is 3. The Morgan fingerprint density at radius 1 is 1.52 bits per heavy atom.